The van der Waals surface area contributed by atoms with Gasteiger partial charge < -0.3 is 15.6 Å². The minimum absolute atomic E-state index is 0.0839. The van der Waals surface area contributed by atoms with Crippen LogP contribution < -0.4 is 5.73 Å². The lowest BCUT2D eigenvalue weighted by molar-refractivity contribution is -0.156. The Hall–Kier alpha value is -0.610. The molecule has 10 heavy (non-hydrogen) atoms. The van der Waals surface area contributed by atoms with E-state index in [0.29, 0.717) is 6.61 Å². The Kier molecular flexibility index (Phi) is 1.92. The quantitative estimate of drug-likeness (QED) is 0.524. The standard InChI is InChI=1S/C6H10NO3/c7-5(9)6(1-3-8)2-4-10-6/h2,8H,1,3-4H2,(H2,7,9). The van der Waals surface area contributed by atoms with Gasteiger partial charge in [-0.05, 0) is 0 Å². The summed E-state index contributed by atoms with van der Waals surface area (Å²) in [6.45, 7) is 0.363. The van der Waals surface area contributed by atoms with Crippen LogP contribution in [0.5, 0.6) is 0 Å². The average Bonchev–Trinajstić information content (AvgIpc) is 1.77. The van der Waals surface area contributed by atoms with Crippen molar-refractivity contribution in [2.24, 2.45) is 5.73 Å². The van der Waals surface area contributed by atoms with Crippen molar-refractivity contribution >= 4 is 5.91 Å². The van der Waals surface area contributed by atoms with Crippen molar-refractivity contribution in [3.8, 4) is 0 Å². The minimum atomic E-state index is -0.964. The van der Waals surface area contributed by atoms with E-state index in [1.165, 1.54) is 0 Å². The van der Waals surface area contributed by atoms with Crippen LogP contribution in [0.2, 0.25) is 0 Å². The Morgan fingerprint density at radius 1 is 1.90 bits per heavy atom. The Morgan fingerprint density at radius 2 is 2.50 bits per heavy atom. The summed E-state index contributed by atoms with van der Waals surface area (Å²) in [5.74, 6) is -0.521. The molecular weight excluding hydrogens is 134 g/mol. The highest BCUT2D eigenvalue weighted by Crippen LogP contribution is 2.27. The molecule has 1 saturated heterocycles. The molecule has 57 valence electrons. The number of primary amides is 1. The van der Waals surface area contributed by atoms with Crippen LogP contribution in [-0.4, -0.2) is 29.8 Å². The Balaban J connectivity index is 2.50. The van der Waals surface area contributed by atoms with Crippen molar-refractivity contribution in [2.75, 3.05) is 13.2 Å². The molecule has 1 fully saturated rings. The second-order valence-corrected chi connectivity index (χ2v) is 2.24. The summed E-state index contributed by atoms with van der Waals surface area (Å²) in [4.78, 5) is 10.6. The van der Waals surface area contributed by atoms with Gasteiger partial charge in [0, 0.05) is 19.4 Å². The topological polar surface area (TPSA) is 72.6 Å². The molecule has 0 bridgehead atoms. The van der Waals surface area contributed by atoms with Crippen molar-refractivity contribution < 1.29 is 14.6 Å². The SMILES string of the molecule is NC(=O)C1(CCO)[CH]CO1. The summed E-state index contributed by atoms with van der Waals surface area (Å²) in [5.41, 5.74) is 4.05. The third-order valence-electron chi connectivity index (χ3n) is 1.65. The number of aliphatic hydroxyl groups excluding tert-OH is 1. The molecule has 4 nitrogen and oxygen atoms in total. The van der Waals surface area contributed by atoms with E-state index in [-0.39, 0.29) is 13.0 Å². The molecule has 1 unspecified atom stereocenters. The second-order valence-electron chi connectivity index (χ2n) is 2.24. The van der Waals surface area contributed by atoms with Gasteiger partial charge in [0.1, 0.15) is 0 Å². The van der Waals surface area contributed by atoms with Crippen molar-refractivity contribution in [1.29, 1.82) is 0 Å². The maximum atomic E-state index is 10.6. The molecule has 0 aromatic rings. The molecule has 1 heterocycles. The molecule has 1 radical (unpaired) electrons. The van der Waals surface area contributed by atoms with Gasteiger partial charge in [0.05, 0.1) is 6.61 Å². The Bertz CT molecular complexity index is 142. The maximum Gasteiger partial charge on any atom is 0.250 e. The monoisotopic (exact) mass is 144 g/mol. The largest absolute Gasteiger partial charge is 0.396 e. The third-order valence-corrected chi connectivity index (χ3v) is 1.65. The molecule has 1 aliphatic heterocycles. The van der Waals surface area contributed by atoms with Gasteiger partial charge in [-0.3, -0.25) is 4.79 Å². The smallest absolute Gasteiger partial charge is 0.250 e. The highest BCUT2D eigenvalue weighted by atomic mass is 16.5. The molecule has 4 heteroatoms. The number of aliphatic hydroxyl groups is 1. The van der Waals surface area contributed by atoms with E-state index in [1.807, 2.05) is 0 Å². The fourth-order valence-electron chi connectivity index (χ4n) is 0.920. The fourth-order valence-corrected chi connectivity index (χ4v) is 0.920. The molecule has 0 saturated carbocycles. The van der Waals surface area contributed by atoms with E-state index in [1.54, 1.807) is 6.42 Å². The van der Waals surface area contributed by atoms with E-state index in [2.05, 4.69) is 0 Å². The average molecular weight is 144 g/mol. The molecule has 0 spiro atoms. The highest BCUT2D eigenvalue weighted by molar-refractivity contribution is 5.86. The molecule has 1 amide bonds. The van der Waals surface area contributed by atoms with Gasteiger partial charge in [-0.1, -0.05) is 0 Å². The Morgan fingerprint density at radius 3 is 2.60 bits per heavy atom. The summed E-state index contributed by atoms with van der Waals surface area (Å²) >= 11 is 0. The lowest BCUT2D eigenvalue weighted by Gasteiger charge is -2.37. The molecule has 1 aliphatic rings. The minimum Gasteiger partial charge on any atom is -0.396 e. The van der Waals surface area contributed by atoms with Crippen molar-refractivity contribution in [3.63, 3.8) is 0 Å². The molecule has 0 aromatic heterocycles. The number of hydrogen-bond acceptors (Lipinski definition) is 3. The summed E-state index contributed by atoms with van der Waals surface area (Å²) in [5, 5.41) is 8.51. The van der Waals surface area contributed by atoms with Crippen LogP contribution in [-0.2, 0) is 9.53 Å². The van der Waals surface area contributed by atoms with E-state index in [0.717, 1.165) is 0 Å². The first-order chi connectivity index (χ1) is 4.71. The lowest BCUT2D eigenvalue weighted by atomic mass is 9.91. The highest BCUT2D eigenvalue weighted by Gasteiger charge is 2.43. The predicted molar refractivity (Wildman–Crippen MR) is 33.9 cm³/mol. The Labute approximate surface area is 59.0 Å². The number of carbonyl (C=O) groups is 1. The molecule has 0 aliphatic carbocycles. The van der Waals surface area contributed by atoms with E-state index >= 15 is 0 Å². The van der Waals surface area contributed by atoms with Crippen LogP contribution in [0.4, 0.5) is 0 Å². The number of carbonyl (C=O) groups excluding carboxylic acids is 1. The summed E-state index contributed by atoms with van der Waals surface area (Å²) in [7, 11) is 0. The zero-order chi connectivity index (χ0) is 7.61. The number of hydrogen-bond donors (Lipinski definition) is 2. The van der Waals surface area contributed by atoms with Crippen LogP contribution >= 0.6 is 0 Å². The van der Waals surface area contributed by atoms with E-state index in [9.17, 15) is 4.79 Å². The number of ether oxygens (including phenoxy) is 1. The number of amides is 1. The van der Waals surface area contributed by atoms with Crippen LogP contribution in [0.3, 0.4) is 0 Å². The van der Waals surface area contributed by atoms with E-state index < -0.39 is 11.5 Å². The van der Waals surface area contributed by atoms with Crippen LogP contribution in [0.15, 0.2) is 0 Å². The number of nitrogens with two attached hydrogens (primary N) is 1. The molecular formula is C6H10NO3. The normalized spacial score (nSPS) is 31.3. The predicted octanol–water partition coefficient (Wildman–Crippen LogP) is -1.17. The first-order valence-corrected chi connectivity index (χ1v) is 3.10. The zero-order valence-corrected chi connectivity index (χ0v) is 5.54. The van der Waals surface area contributed by atoms with Crippen molar-refractivity contribution in [2.45, 2.75) is 12.0 Å². The van der Waals surface area contributed by atoms with Gasteiger partial charge in [0.15, 0.2) is 5.60 Å². The first kappa shape index (κ1) is 7.50. The van der Waals surface area contributed by atoms with Crippen LogP contribution in [0.1, 0.15) is 6.42 Å². The van der Waals surface area contributed by atoms with Gasteiger partial charge in [-0.2, -0.15) is 0 Å². The summed E-state index contributed by atoms with van der Waals surface area (Å²) in [6.07, 6.45) is 1.94. The van der Waals surface area contributed by atoms with Crippen LogP contribution in [0, 0.1) is 6.42 Å². The summed E-state index contributed by atoms with van der Waals surface area (Å²) < 4.78 is 4.93. The summed E-state index contributed by atoms with van der Waals surface area (Å²) in [6, 6.07) is 0. The molecule has 0 aromatic carbocycles. The van der Waals surface area contributed by atoms with Gasteiger partial charge >= 0.3 is 0 Å². The van der Waals surface area contributed by atoms with E-state index in [4.69, 9.17) is 15.6 Å². The van der Waals surface area contributed by atoms with Crippen molar-refractivity contribution in [3.05, 3.63) is 6.42 Å². The van der Waals surface area contributed by atoms with Gasteiger partial charge in [-0.15, -0.1) is 0 Å². The molecule has 3 N–H and O–H groups in total. The van der Waals surface area contributed by atoms with Crippen LogP contribution in [0.25, 0.3) is 0 Å². The van der Waals surface area contributed by atoms with Crippen molar-refractivity contribution in [1.82, 2.24) is 0 Å². The third kappa shape index (κ3) is 0.998. The van der Waals surface area contributed by atoms with Gasteiger partial charge in [-0.25, -0.2) is 0 Å². The molecule has 1 atom stereocenters. The van der Waals surface area contributed by atoms with Gasteiger partial charge in [0.2, 0.25) is 5.91 Å². The maximum absolute atomic E-state index is 10.6. The van der Waals surface area contributed by atoms with Gasteiger partial charge in [0.25, 0.3) is 0 Å². The zero-order valence-electron chi connectivity index (χ0n) is 5.54. The second kappa shape index (κ2) is 2.56. The first-order valence-electron chi connectivity index (χ1n) is 3.10. The lowest BCUT2D eigenvalue weighted by Crippen LogP contribution is -2.55. The fraction of sp³-hybridized carbons (Fsp3) is 0.667. The number of rotatable bonds is 3. The molecule has 1 rings (SSSR count).